The van der Waals surface area contributed by atoms with Crippen LogP contribution in [0.4, 0.5) is 5.69 Å². The first-order valence-electron chi connectivity index (χ1n) is 9.93. The van der Waals surface area contributed by atoms with Crippen molar-refractivity contribution in [3.8, 4) is 11.5 Å². The Labute approximate surface area is 197 Å². The van der Waals surface area contributed by atoms with Crippen molar-refractivity contribution in [2.24, 2.45) is 5.10 Å². The maximum absolute atomic E-state index is 13.6. The monoisotopic (exact) mass is 487 g/mol. The van der Waals surface area contributed by atoms with Crippen molar-refractivity contribution in [2.45, 2.75) is 18.7 Å². The summed E-state index contributed by atoms with van der Waals surface area (Å²) in [5, 5.41) is 5.82. The van der Waals surface area contributed by atoms with Crippen LogP contribution in [0.5, 0.6) is 11.5 Å². The number of rotatable bonds is 9. The normalized spacial score (nSPS) is 11.4. The van der Waals surface area contributed by atoms with Gasteiger partial charge in [-0.2, -0.15) is 5.10 Å². The number of methoxy groups -OCH3 is 2. The summed E-state index contributed by atoms with van der Waals surface area (Å²) in [6.45, 7) is 3.27. The van der Waals surface area contributed by atoms with Gasteiger partial charge in [0.05, 0.1) is 31.0 Å². The maximum Gasteiger partial charge on any atom is 0.264 e. The standard InChI is InChI=1S/C23H25N3O5S2/c1-16-10-17(2)12-18(11-16)26(15-23(27)25-24-14-19-6-5-9-32-19)33(28,29)20-7-8-21(30-3)22(13-20)31-4/h5-14H,15H2,1-4H3,(H,25,27)/b24-14-. The number of nitrogens with one attached hydrogen (secondary N) is 1. The minimum atomic E-state index is -4.12. The summed E-state index contributed by atoms with van der Waals surface area (Å²) in [5.41, 5.74) is 4.51. The van der Waals surface area contributed by atoms with Crippen LogP contribution in [0, 0.1) is 13.8 Å². The molecule has 3 rings (SSSR count). The molecule has 0 bridgehead atoms. The zero-order chi connectivity index (χ0) is 24.0. The highest BCUT2D eigenvalue weighted by atomic mass is 32.2. The summed E-state index contributed by atoms with van der Waals surface area (Å²) in [6.07, 6.45) is 1.51. The summed E-state index contributed by atoms with van der Waals surface area (Å²) in [6, 6.07) is 13.4. The van der Waals surface area contributed by atoms with Gasteiger partial charge in [-0.05, 0) is 60.7 Å². The van der Waals surface area contributed by atoms with E-state index in [1.54, 1.807) is 12.1 Å². The van der Waals surface area contributed by atoms with Gasteiger partial charge in [-0.1, -0.05) is 12.1 Å². The van der Waals surface area contributed by atoms with Crippen LogP contribution in [0.25, 0.3) is 0 Å². The third-order valence-corrected chi connectivity index (χ3v) is 7.23. The molecule has 3 aromatic rings. The molecule has 1 heterocycles. The SMILES string of the molecule is COc1ccc(S(=O)(=O)N(CC(=O)N/N=C\c2cccs2)c2cc(C)cc(C)c2)cc1OC. The molecule has 0 aliphatic rings. The molecule has 0 radical (unpaired) electrons. The van der Waals surface area contributed by atoms with E-state index in [1.165, 1.54) is 50.0 Å². The van der Waals surface area contributed by atoms with Gasteiger partial charge in [0.15, 0.2) is 11.5 Å². The van der Waals surface area contributed by atoms with Gasteiger partial charge in [0.1, 0.15) is 6.54 Å². The second kappa shape index (κ2) is 10.5. The number of carbonyl (C=O) groups is 1. The molecule has 0 aliphatic carbocycles. The van der Waals surface area contributed by atoms with Crippen LogP contribution < -0.4 is 19.2 Å². The van der Waals surface area contributed by atoms with Crippen molar-refractivity contribution in [1.82, 2.24) is 5.43 Å². The van der Waals surface area contributed by atoms with Crippen LogP contribution in [0.15, 0.2) is 63.9 Å². The van der Waals surface area contributed by atoms with E-state index in [0.29, 0.717) is 11.4 Å². The molecule has 0 atom stereocenters. The van der Waals surface area contributed by atoms with Crippen LogP contribution in [0.1, 0.15) is 16.0 Å². The van der Waals surface area contributed by atoms with E-state index < -0.39 is 22.5 Å². The second-order valence-electron chi connectivity index (χ2n) is 7.18. The second-order valence-corrected chi connectivity index (χ2v) is 10.0. The molecule has 1 N–H and O–H groups in total. The molecular formula is C23H25N3O5S2. The minimum absolute atomic E-state index is 0.0332. The van der Waals surface area contributed by atoms with Gasteiger partial charge in [0, 0.05) is 10.9 Å². The Balaban J connectivity index is 1.96. The number of hydrazone groups is 1. The Morgan fingerprint density at radius 3 is 2.36 bits per heavy atom. The average molecular weight is 488 g/mol. The van der Waals surface area contributed by atoms with Gasteiger partial charge in [-0.3, -0.25) is 9.10 Å². The lowest BCUT2D eigenvalue weighted by Gasteiger charge is -2.25. The number of anilines is 1. The Bertz CT molecular complexity index is 1230. The molecular weight excluding hydrogens is 462 g/mol. The van der Waals surface area contributed by atoms with E-state index in [-0.39, 0.29) is 10.6 Å². The van der Waals surface area contributed by atoms with E-state index in [4.69, 9.17) is 9.47 Å². The lowest BCUT2D eigenvalue weighted by Crippen LogP contribution is -2.39. The average Bonchev–Trinajstić information content (AvgIpc) is 3.29. The predicted octanol–water partition coefficient (Wildman–Crippen LogP) is 3.73. The molecule has 0 unspecified atom stereocenters. The molecule has 8 nitrogen and oxygen atoms in total. The molecule has 33 heavy (non-hydrogen) atoms. The molecule has 0 aliphatic heterocycles. The summed E-state index contributed by atoms with van der Waals surface area (Å²) in [5.74, 6) is 0.0880. The first-order chi connectivity index (χ1) is 15.7. The first-order valence-corrected chi connectivity index (χ1v) is 12.2. The summed E-state index contributed by atoms with van der Waals surface area (Å²) >= 11 is 1.47. The van der Waals surface area contributed by atoms with Gasteiger partial charge in [0.2, 0.25) is 0 Å². The Morgan fingerprint density at radius 1 is 1.06 bits per heavy atom. The molecule has 0 saturated carbocycles. The highest BCUT2D eigenvalue weighted by Gasteiger charge is 2.28. The van der Waals surface area contributed by atoms with Crippen LogP contribution >= 0.6 is 11.3 Å². The van der Waals surface area contributed by atoms with Crippen LogP contribution in [-0.2, 0) is 14.8 Å². The number of amides is 1. The third-order valence-electron chi connectivity index (χ3n) is 4.65. The van der Waals surface area contributed by atoms with E-state index in [1.807, 2.05) is 37.4 Å². The number of benzene rings is 2. The molecule has 1 aromatic heterocycles. The van der Waals surface area contributed by atoms with E-state index in [2.05, 4.69) is 10.5 Å². The van der Waals surface area contributed by atoms with Crippen LogP contribution in [0.2, 0.25) is 0 Å². The van der Waals surface area contributed by atoms with E-state index >= 15 is 0 Å². The van der Waals surface area contributed by atoms with Crippen molar-refractivity contribution >= 4 is 39.2 Å². The van der Waals surface area contributed by atoms with Gasteiger partial charge in [-0.15, -0.1) is 11.3 Å². The minimum Gasteiger partial charge on any atom is -0.493 e. The lowest BCUT2D eigenvalue weighted by molar-refractivity contribution is -0.119. The summed E-state index contributed by atoms with van der Waals surface area (Å²) in [4.78, 5) is 13.5. The van der Waals surface area contributed by atoms with Crippen molar-refractivity contribution in [2.75, 3.05) is 25.1 Å². The van der Waals surface area contributed by atoms with Gasteiger partial charge < -0.3 is 9.47 Å². The van der Waals surface area contributed by atoms with Crippen molar-refractivity contribution in [3.05, 3.63) is 69.9 Å². The molecule has 10 heteroatoms. The number of sulfonamides is 1. The highest BCUT2D eigenvalue weighted by molar-refractivity contribution is 7.92. The molecule has 174 valence electrons. The topological polar surface area (TPSA) is 97.3 Å². The van der Waals surface area contributed by atoms with E-state index in [0.717, 1.165) is 20.3 Å². The van der Waals surface area contributed by atoms with E-state index in [9.17, 15) is 13.2 Å². The van der Waals surface area contributed by atoms with Crippen molar-refractivity contribution in [3.63, 3.8) is 0 Å². The van der Waals surface area contributed by atoms with Gasteiger partial charge in [-0.25, -0.2) is 13.8 Å². The fraction of sp³-hybridized carbons (Fsp3) is 0.217. The zero-order valence-corrected chi connectivity index (χ0v) is 20.4. The Hall–Kier alpha value is -3.37. The molecule has 0 fully saturated rings. The zero-order valence-electron chi connectivity index (χ0n) is 18.7. The predicted molar refractivity (Wildman–Crippen MR) is 130 cm³/mol. The summed E-state index contributed by atoms with van der Waals surface area (Å²) in [7, 11) is -1.23. The fourth-order valence-electron chi connectivity index (χ4n) is 3.21. The molecule has 2 aromatic carbocycles. The van der Waals surface area contributed by atoms with Gasteiger partial charge >= 0.3 is 0 Å². The van der Waals surface area contributed by atoms with Crippen LogP contribution in [-0.4, -0.2) is 41.3 Å². The quantitative estimate of drug-likeness (QED) is 0.366. The number of nitrogens with zero attached hydrogens (tertiary/aromatic N) is 2. The molecule has 1 amide bonds. The number of hydrogen-bond acceptors (Lipinski definition) is 7. The number of aryl methyl sites for hydroxylation is 2. The summed E-state index contributed by atoms with van der Waals surface area (Å²) < 4.78 is 38.8. The lowest BCUT2D eigenvalue weighted by atomic mass is 10.1. The Kier molecular flexibility index (Phi) is 7.72. The van der Waals surface area contributed by atoms with Crippen LogP contribution in [0.3, 0.4) is 0 Å². The third kappa shape index (κ3) is 5.91. The fourth-order valence-corrected chi connectivity index (χ4v) is 5.22. The number of carbonyl (C=O) groups excluding carboxylic acids is 1. The number of hydrogen-bond donors (Lipinski definition) is 1. The largest absolute Gasteiger partial charge is 0.493 e. The molecule has 0 spiro atoms. The smallest absolute Gasteiger partial charge is 0.264 e. The van der Waals surface area contributed by atoms with Gasteiger partial charge in [0.25, 0.3) is 15.9 Å². The Morgan fingerprint density at radius 2 is 1.76 bits per heavy atom. The highest BCUT2D eigenvalue weighted by Crippen LogP contribution is 2.32. The number of thiophene rings is 1. The number of ether oxygens (including phenoxy) is 2. The van der Waals surface area contributed by atoms with Crippen molar-refractivity contribution in [1.29, 1.82) is 0 Å². The first kappa shape index (κ1) is 24.3. The van der Waals surface area contributed by atoms with Crippen molar-refractivity contribution < 1.29 is 22.7 Å². The maximum atomic E-state index is 13.6. The molecule has 0 saturated heterocycles.